The lowest BCUT2D eigenvalue weighted by Crippen LogP contribution is -2.38. The van der Waals surface area contributed by atoms with Gasteiger partial charge >= 0.3 is 0 Å². The standard InChI is InChI=1S/C15H22N2O3/c1-15(2,7-8-16-9-11-20-12-10-16)13-3-5-14(6-4-13)17(18)19/h3-6H,7-12H2,1-2H3. The fourth-order valence-electron chi connectivity index (χ4n) is 2.44. The molecule has 1 heterocycles. The largest absolute Gasteiger partial charge is 0.379 e. The molecule has 0 amide bonds. The molecule has 1 saturated heterocycles. The minimum absolute atomic E-state index is 0.0213. The molecule has 0 atom stereocenters. The molecule has 2 rings (SSSR count). The number of hydrogen-bond donors (Lipinski definition) is 0. The van der Waals surface area contributed by atoms with Gasteiger partial charge in [0.2, 0.25) is 0 Å². The Labute approximate surface area is 119 Å². The lowest BCUT2D eigenvalue weighted by atomic mass is 9.81. The number of non-ortho nitro benzene ring substituents is 1. The van der Waals surface area contributed by atoms with Crippen LogP contribution in [0.1, 0.15) is 25.8 Å². The quantitative estimate of drug-likeness (QED) is 0.613. The zero-order valence-electron chi connectivity index (χ0n) is 12.2. The number of morpholine rings is 1. The second kappa shape index (κ2) is 6.33. The highest BCUT2D eigenvalue weighted by atomic mass is 16.6. The van der Waals surface area contributed by atoms with Gasteiger partial charge in [0, 0.05) is 25.2 Å². The van der Waals surface area contributed by atoms with Crippen LogP contribution in [0.2, 0.25) is 0 Å². The molecular weight excluding hydrogens is 256 g/mol. The number of benzene rings is 1. The summed E-state index contributed by atoms with van der Waals surface area (Å²) < 4.78 is 5.35. The van der Waals surface area contributed by atoms with Crippen LogP contribution in [0.5, 0.6) is 0 Å². The van der Waals surface area contributed by atoms with E-state index in [-0.39, 0.29) is 16.0 Å². The van der Waals surface area contributed by atoms with E-state index in [4.69, 9.17) is 4.74 Å². The van der Waals surface area contributed by atoms with Gasteiger partial charge in [-0.25, -0.2) is 0 Å². The Bertz CT molecular complexity index is 451. The zero-order valence-corrected chi connectivity index (χ0v) is 12.2. The molecule has 0 aliphatic carbocycles. The van der Waals surface area contributed by atoms with Crippen LogP contribution in [0.25, 0.3) is 0 Å². The second-order valence-electron chi connectivity index (χ2n) is 5.89. The number of nitrogens with zero attached hydrogens (tertiary/aromatic N) is 2. The molecule has 1 aliphatic heterocycles. The first-order chi connectivity index (χ1) is 9.49. The molecule has 0 N–H and O–H groups in total. The molecule has 1 aliphatic rings. The van der Waals surface area contributed by atoms with Crippen molar-refractivity contribution in [2.24, 2.45) is 0 Å². The van der Waals surface area contributed by atoms with Gasteiger partial charge in [0.15, 0.2) is 0 Å². The molecular formula is C15H22N2O3. The van der Waals surface area contributed by atoms with Gasteiger partial charge in [-0.15, -0.1) is 0 Å². The van der Waals surface area contributed by atoms with E-state index in [1.807, 2.05) is 12.1 Å². The molecule has 0 unspecified atom stereocenters. The van der Waals surface area contributed by atoms with Crippen molar-refractivity contribution in [3.05, 3.63) is 39.9 Å². The van der Waals surface area contributed by atoms with Crippen molar-refractivity contribution in [3.8, 4) is 0 Å². The molecule has 110 valence electrons. The first kappa shape index (κ1) is 14.9. The van der Waals surface area contributed by atoms with Gasteiger partial charge in [0.05, 0.1) is 18.1 Å². The van der Waals surface area contributed by atoms with Gasteiger partial charge in [-0.1, -0.05) is 26.0 Å². The molecule has 1 aromatic rings. The highest BCUT2D eigenvalue weighted by Crippen LogP contribution is 2.28. The average Bonchev–Trinajstić information content (AvgIpc) is 2.46. The van der Waals surface area contributed by atoms with Crippen molar-refractivity contribution in [1.82, 2.24) is 4.90 Å². The molecule has 1 aromatic carbocycles. The van der Waals surface area contributed by atoms with Crippen molar-refractivity contribution in [2.45, 2.75) is 25.7 Å². The van der Waals surface area contributed by atoms with Gasteiger partial charge < -0.3 is 4.74 Å². The van der Waals surface area contributed by atoms with Crippen LogP contribution in [0.15, 0.2) is 24.3 Å². The molecule has 0 aromatic heterocycles. The SMILES string of the molecule is CC(C)(CCN1CCOCC1)c1ccc([N+](=O)[O-])cc1. The van der Waals surface area contributed by atoms with Gasteiger partial charge in [0.25, 0.3) is 5.69 Å². The Kier molecular flexibility index (Phi) is 4.73. The summed E-state index contributed by atoms with van der Waals surface area (Å²) in [7, 11) is 0. The van der Waals surface area contributed by atoms with Crippen molar-refractivity contribution in [3.63, 3.8) is 0 Å². The van der Waals surface area contributed by atoms with Crippen LogP contribution in [-0.4, -0.2) is 42.7 Å². The molecule has 0 bridgehead atoms. The normalized spacial score (nSPS) is 17.1. The Hall–Kier alpha value is -1.46. The number of ether oxygens (including phenoxy) is 1. The Morgan fingerprint density at radius 3 is 2.40 bits per heavy atom. The third kappa shape index (κ3) is 3.77. The van der Waals surface area contributed by atoms with Crippen LogP contribution in [0, 0.1) is 10.1 Å². The summed E-state index contributed by atoms with van der Waals surface area (Å²) in [4.78, 5) is 12.7. The van der Waals surface area contributed by atoms with Crippen molar-refractivity contribution in [1.29, 1.82) is 0 Å². The van der Waals surface area contributed by atoms with E-state index in [9.17, 15) is 10.1 Å². The lowest BCUT2D eigenvalue weighted by Gasteiger charge is -2.31. The smallest absolute Gasteiger partial charge is 0.269 e. The molecule has 5 heteroatoms. The molecule has 0 radical (unpaired) electrons. The summed E-state index contributed by atoms with van der Waals surface area (Å²) in [5, 5.41) is 10.7. The number of nitro benzene ring substituents is 1. The highest BCUT2D eigenvalue weighted by molar-refractivity contribution is 5.35. The summed E-state index contributed by atoms with van der Waals surface area (Å²) in [6.07, 6.45) is 1.03. The summed E-state index contributed by atoms with van der Waals surface area (Å²) >= 11 is 0. The summed E-state index contributed by atoms with van der Waals surface area (Å²) in [5.74, 6) is 0. The Balaban J connectivity index is 1.96. The predicted octanol–water partition coefficient (Wildman–Crippen LogP) is 2.59. The Morgan fingerprint density at radius 2 is 1.85 bits per heavy atom. The third-order valence-corrected chi connectivity index (χ3v) is 4.02. The molecule has 5 nitrogen and oxygen atoms in total. The van der Waals surface area contributed by atoms with Gasteiger partial charge in [-0.3, -0.25) is 15.0 Å². The molecule has 20 heavy (non-hydrogen) atoms. The van der Waals surface area contributed by atoms with E-state index < -0.39 is 0 Å². The highest BCUT2D eigenvalue weighted by Gasteiger charge is 2.23. The predicted molar refractivity (Wildman–Crippen MR) is 78.0 cm³/mol. The van der Waals surface area contributed by atoms with E-state index in [1.165, 1.54) is 0 Å². The van der Waals surface area contributed by atoms with Gasteiger partial charge in [-0.2, -0.15) is 0 Å². The minimum atomic E-state index is -0.357. The number of nitro groups is 1. The number of hydrogen-bond acceptors (Lipinski definition) is 4. The van der Waals surface area contributed by atoms with Crippen LogP contribution >= 0.6 is 0 Å². The first-order valence-electron chi connectivity index (χ1n) is 7.04. The second-order valence-corrected chi connectivity index (χ2v) is 5.89. The summed E-state index contributed by atoms with van der Waals surface area (Å²) in [6, 6.07) is 6.92. The maximum Gasteiger partial charge on any atom is 0.269 e. The fourth-order valence-corrected chi connectivity index (χ4v) is 2.44. The average molecular weight is 278 g/mol. The zero-order chi connectivity index (χ0) is 14.6. The van der Waals surface area contributed by atoms with E-state index in [0.717, 1.165) is 44.8 Å². The van der Waals surface area contributed by atoms with Crippen LogP contribution < -0.4 is 0 Å². The molecule has 0 saturated carbocycles. The number of rotatable bonds is 5. The minimum Gasteiger partial charge on any atom is -0.379 e. The van der Waals surface area contributed by atoms with E-state index in [0.29, 0.717) is 0 Å². The van der Waals surface area contributed by atoms with Gasteiger partial charge in [0.1, 0.15) is 0 Å². The van der Waals surface area contributed by atoms with E-state index in [2.05, 4.69) is 18.7 Å². The Morgan fingerprint density at radius 1 is 1.25 bits per heavy atom. The maximum absolute atomic E-state index is 10.7. The van der Waals surface area contributed by atoms with Crippen molar-refractivity contribution < 1.29 is 9.66 Å². The van der Waals surface area contributed by atoms with Crippen LogP contribution in [-0.2, 0) is 10.2 Å². The third-order valence-electron chi connectivity index (χ3n) is 4.02. The van der Waals surface area contributed by atoms with E-state index >= 15 is 0 Å². The lowest BCUT2D eigenvalue weighted by molar-refractivity contribution is -0.384. The summed E-state index contributed by atoms with van der Waals surface area (Å²) in [6.45, 7) is 9.04. The molecule has 0 spiro atoms. The first-order valence-corrected chi connectivity index (χ1v) is 7.04. The maximum atomic E-state index is 10.7. The topological polar surface area (TPSA) is 55.6 Å². The van der Waals surface area contributed by atoms with E-state index in [1.54, 1.807) is 12.1 Å². The van der Waals surface area contributed by atoms with Crippen LogP contribution in [0.3, 0.4) is 0 Å². The van der Waals surface area contributed by atoms with Crippen molar-refractivity contribution in [2.75, 3.05) is 32.8 Å². The fraction of sp³-hybridized carbons (Fsp3) is 0.600. The summed E-state index contributed by atoms with van der Waals surface area (Å²) in [5.41, 5.74) is 1.32. The van der Waals surface area contributed by atoms with Crippen LogP contribution in [0.4, 0.5) is 5.69 Å². The van der Waals surface area contributed by atoms with Crippen molar-refractivity contribution >= 4 is 5.69 Å². The molecule has 1 fully saturated rings. The van der Waals surface area contributed by atoms with Gasteiger partial charge in [-0.05, 0) is 23.9 Å². The monoisotopic (exact) mass is 278 g/mol.